The minimum atomic E-state index is -4.08. The Labute approximate surface area is 217 Å². The quantitative estimate of drug-likeness (QED) is 0.211. The van der Waals surface area contributed by atoms with Crippen molar-refractivity contribution in [3.05, 3.63) is 120 Å². The summed E-state index contributed by atoms with van der Waals surface area (Å²) in [4.78, 5) is 2.71. The SMILES string of the molecule is CCCc1ccc(S(OS(=O)(=O)c2ccc(C)cc2)(c2ccccc2)c2ccc(CCC)cc2)cc1. The predicted molar refractivity (Wildman–Crippen MR) is 149 cm³/mol. The van der Waals surface area contributed by atoms with Gasteiger partial charge in [-0.3, -0.25) is 0 Å². The van der Waals surface area contributed by atoms with Crippen molar-refractivity contribution in [3.8, 4) is 0 Å². The summed E-state index contributed by atoms with van der Waals surface area (Å²) < 4.78 is 34.1. The molecule has 0 saturated carbocycles. The number of hydrogen-bond donors (Lipinski definition) is 0. The zero-order chi connectivity index (χ0) is 25.6. The molecule has 0 fully saturated rings. The second-order valence-electron chi connectivity index (χ2n) is 8.99. The number of hydrogen-bond acceptors (Lipinski definition) is 3. The third-order valence-corrected chi connectivity index (χ3v) is 11.4. The van der Waals surface area contributed by atoms with Crippen molar-refractivity contribution < 1.29 is 12.0 Å². The van der Waals surface area contributed by atoms with Gasteiger partial charge in [0.2, 0.25) is 0 Å². The van der Waals surface area contributed by atoms with E-state index in [9.17, 15) is 8.42 Å². The zero-order valence-corrected chi connectivity index (χ0v) is 22.8. The van der Waals surface area contributed by atoms with Gasteiger partial charge < -0.3 is 0 Å². The van der Waals surface area contributed by atoms with E-state index in [1.807, 2.05) is 61.5 Å². The molecule has 0 amide bonds. The Balaban J connectivity index is 1.96. The molecular weight excluding hydrogens is 484 g/mol. The summed E-state index contributed by atoms with van der Waals surface area (Å²) in [6, 6.07) is 33.1. The Kier molecular flexibility index (Phi) is 8.35. The van der Waals surface area contributed by atoms with E-state index < -0.39 is 20.4 Å². The van der Waals surface area contributed by atoms with Crippen LogP contribution in [0.1, 0.15) is 43.4 Å². The van der Waals surface area contributed by atoms with Gasteiger partial charge >= 0.3 is 10.1 Å². The van der Waals surface area contributed by atoms with Crippen molar-refractivity contribution in [2.24, 2.45) is 0 Å². The minimum Gasteiger partial charge on any atom is -0.203 e. The van der Waals surface area contributed by atoms with E-state index in [-0.39, 0.29) is 4.90 Å². The first-order valence-electron chi connectivity index (χ1n) is 12.5. The van der Waals surface area contributed by atoms with Gasteiger partial charge in [-0.15, -0.1) is 0 Å². The van der Waals surface area contributed by atoms with Crippen LogP contribution in [0.4, 0.5) is 0 Å². The first-order chi connectivity index (χ1) is 17.4. The highest BCUT2D eigenvalue weighted by molar-refractivity contribution is 8.33. The van der Waals surface area contributed by atoms with Crippen molar-refractivity contribution in [3.63, 3.8) is 0 Å². The average Bonchev–Trinajstić information content (AvgIpc) is 2.89. The Morgan fingerprint density at radius 3 is 1.42 bits per heavy atom. The van der Waals surface area contributed by atoms with E-state index in [2.05, 4.69) is 38.1 Å². The molecule has 0 aromatic heterocycles. The van der Waals surface area contributed by atoms with Crippen LogP contribution in [0.5, 0.6) is 0 Å². The molecule has 0 aliphatic heterocycles. The standard InChI is InChI=1S/C31H34O3S2/c1-4-9-26-15-21-29(22-16-26)35(28-11-7-6-8-12-28,30-23-17-27(10-5-2)18-24-30)34-36(32,33)31-19-13-25(3)14-20-31/h6-8,11-24H,4-5,9-10H2,1-3H3. The summed E-state index contributed by atoms with van der Waals surface area (Å²) in [5.41, 5.74) is 3.44. The highest BCUT2D eigenvalue weighted by atomic mass is 32.3. The highest BCUT2D eigenvalue weighted by Crippen LogP contribution is 2.70. The lowest BCUT2D eigenvalue weighted by Crippen LogP contribution is -2.14. The topological polar surface area (TPSA) is 43.4 Å². The van der Waals surface area contributed by atoms with Gasteiger partial charge in [-0.05, 0) is 89.7 Å². The van der Waals surface area contributed by atoms with Crippen LogP contribution in [0.2, 0.25) is 0 Å². The number of rotatable bonds is 10. The molecule has 0 aliphatic rings. The van der Waals surface area contributed by atoms with E-state index in [1.165, 1.54) is 11.1 Å². The fourth-order valence-corrected chi connectivity index (χ4v) is 9.49. The van der Waals surface area contributed by atoms with Gasteiger partial charge in [-0.25, -0.2) is 3.63 Å². The normalized spacial score (nSPS) is 12.4. The molecular formula is C31H34O3S2. The smallest absolute Gasteiger partial charge is 0.203 e. The van der Waals surface area contributed by atoms with Crippen molar-refractivity contribution in [1.82, 2.24) is 0 Å². The lowest BCUT2D eigenvalue weighted by molar-refractivity contribution is 0.508. The van der Waals surface area contributed by atoms with Gasteiger partial charge in [-0.2, -0.15) is 8.42 Å². The number of benzene rings is 4. The molecule has 0 N–H and O–H groups in total. The molecule has 0 radical (unpaired) electrons. The maximum Gasteiger partial charge on any atom is 0.307 e. The van der Waals surface area contributed by atoms with Crippen LogP contribution >= 0.6 is 10.3 Å². The summed E-state index contributed by atoms with van der Waals surface area (Å²) >= 11 is 0. The Hall–Kier alpha value is -2.86. The molecule has 0 aliphatic carbocycles. The van der Waals surface area contributed by atoms with Crippen molar-refractivity contribution in [2.45, 2.75) is 66.0 Å². The summed E-state index contributed by atoms with van der Waals surface area (Å²) in [5, 5.41) is 0. The lowest BCUT2D eigenvalue weighted by atomic mass is 10.1. The molecule has 0 bridgehead atoms. The van der Waals surface area contributed by atoms with Crippen molar-refractivity contribution >= 4 is 20.4 Å². The monoisotopic (exact) mass is 518 g/mol. The molecule has 4 aromatic carbocycles. The van der Waals surface area contributed by atoms with E-state index in [1.54, 1.807) is 24.3 Å². The molecule has 188 valence electrons. The second-order valence-corrected chi connectivity index (χ2v) is 13.4. The Morgan fingerprint density at radius 2 is 0.972 bits per heavy atom. The minimum absolute atomic E-state index is 0.158. The van der Waals surface area contributed by atoms with E-state index in [4.69, 9.17) is 3.63 Å². The fraction of sp³-hybridized carbons (Fsp3) is 0.226. The van der Waals surface area contributed by atoms with Crippen LogP contribution in [0, 0.1) is 6.92 Å². The van der Waals surface area contributed by atoms with Gasteiger partial charge in [0.15, 0.2) is 0 Å². The van der Waals surface area contributed by atoms with Crippen molar-refractivity contribution in [1.29, 1.82) is 0 Å². The molecule has 36 heavy (non-hydrogen) atoms. The summed E-state index contributed by atoms with van der Waals surface area (Å²) in [6.45, 7) is 6.25. The summed E-state index contributed by atoms with van der Waals surface area (Å²) in [7, 11) is -6.68. The molecule has 5 heteroatoms. The van der Waals surface area contributed by atoms with Crippen LogP contribution in [-0.2, 0) is 26.6 Å². The highest BCUT2D eigenvalue weighted by Gasteiger charge is 2.38. The van der Waals surface area contributed by atoms with Gasteiger partial charge in [0, 0.05) is 14.7 Å². The van der Waals surface area contributed by atoms with Crippen LogP contribution in [-0.4, -0.2) is 8.42 Å². The number of aryl methyl sites for hydroxylation is 3. The first-order valence-corrected chi connectivity index (χ1v) is 15.4. The van der Waals surface area contributed by atoms with Gasteiger partial charge in [0.05, 0.1) is 4.90 Å². The molecule has 3 nitrogen and oxygen atoms in total. The van der Waals surface area contributed by atoms with Crippen LogP contribution in [0.15, 0.2) is 123 Å². The second kappa shape index (κ2) is 11.5. The average molecular weight is 519 g/mol. The largest absolute Gasteiger partial charge is 0.307 e. The maximum atomic E-state index is 13.8. The maximum absolute atomic E-state index is 13.8. The molecule has 0 heterocycles. The molecule has 4 rings (SSSR count). The van der Waals surface area contributed by atoms with Crippen molar-refractivity contribution in [2.75, 3.05) is 0 Å². The molecule has 0 saturated heterocycles. The van der Waals surface area contributed by atoms with E-state index in [0.717, 1.165) is 45.9 Å². The Morgan fingerprint density at radius 1 is 0.556 bits per heavy atom. The third-order valence-electron chi connectivity index (χ3n) is 6.16. The third kappa shape index (κ3) is 5.59. The van der Waals surface area contributed by atoms with Crippen LogP contribution in [0.3, 0.4) is 0 Å². The predicted octanol–water partition coefficient (Wildman–Crippen LogP) is 8.50. The van der Waals surface area contributed by atoms with E-state index >= 15 is 0 Å². The van der Waals surface area contributed by atoms with Gasteiger partial charge in [0.1, 0.15) is 0 Å². The van der Waals surface area contributed by atoms with Crippen LogP contribution in [0.25, 0.3) is 0 Å². The van der Waals surface area contributed by atoms with Gasteiger partial charge in [0.25, 0.3) is 0 Å². The Bertz CT molecular complexity index is 1310. The summed E-state index contributed by atoms with van der Waals surface area (Å²) in [6.07, 6.45) is 4.05. The van der Waals surface area contributed by atoms with E-state index in [0.29, 0.717) is 0 Å². The molecule has 0 atom stereocenters. The molecule has 4 aromatic rings. The first kappa shape index (κ1) is 26.2. The lowest BCUT2D eigenvalue weighted by Gasteiger charge is -2.39. The van der Waals surface area contributed by atoms with Crippen LogP contribution < -0.4 is 0 Å². The summed E-state index contributed by atoms with van der Waals surface area (Å²) in [5.74, 6) is 0. The zero-order valence-electron chi connectivity index (χ0n) is 21.2. The van der Waals surface area contributed by atoms with Gasteiger partial charge in [-0.1, -0.05) is 86.8 Å². The fourth-order valence-electron chi connectivity index (χ4n) is 4.29. The molecule has 0 unspecified atom stereocenters. The molecule has 0 spiro atoms.